The van der Waals surface area contributed by atoms with Gasteiger partial charge in [0, 0.05) is 12.8 Å². The molecule has 0 amide bonds. The lowest BCUT2D eigenvalue weighted by Crippen LogP contribution is -2.15. The number of methoxy groups -OCH3 is 1. The van der Waals surface area contributed by atoms with Crippen LogP contribution in [0.25, 0.3) is 0 Å². The summed E-state index contributed by atoms with van der Waals surface area (Å²) in [5.41, 5.74) is 6.97. The van der Waals surface area contributed by atoms with Crippen LogP contribution in [-0.2, 0) is 9.84 Å². The number of hydrogen-bond donors (Lipinski definition) is 2. The van der Waals surface area contributed by atoms with Crippen LogP contribution in [0.3, 0.4) is 0 Å². The highest BCUT2D eigenvalue weighted by Crippen LogP contribution is 2.28. The van der Waals surface area contributed by atoms with Crippen molar-refractivity contribution in [2.75, 3.05) is 36.7 Å². The molecule has 0 saturated carbocycles. The van der Waals surface area contributed by atoms with E-state index < -0.39 is 9.84 Å². The lowest BCUT2D eigenvalue weighted by atomic mass is 10.2. The van der Waals surface area contributed by atoms with E-state index in [1.54, 1.807) is 18.2 Å². The fraction of sp³-hybridized carbons (Fsp3) is 0.400. The summed E-state index contributed by atoms with van der Waals surface area (Å²) in [6.45, 7) is 0.330. The number of nitrogens with one attached hydrogen (secondary N) is 1. The van der Waals surface area contributed by atoms with E-state index in [1.807, 2.05) is 0 Å². The molecule has 0 spiro atoms. The fourth-order valence-electron chi connectivity index (χ4n) is 1.25. The van der Waals surface area contributed by atoms with Gasteiger partial charge in [0.1, 0.15) is 15.6 Å². The first-order chi connectivity index (χ1) is 7.44. The van der Waals surface area contributed by atoms with Gasteiger partial charge in [-0.1, -0.05) is 6.07 Å². The van der Waals surface area contributed by atoms with E-state index in [4.69, 9.17) is 10.5 Å². The smallest absolute Gasteiger partial charge is 0.149 e. The van der Waals surface area contributed by atoms with Gasteiger partial charge in [-0.2, -0.15) is 0 Å². The average Bonchev–Trinajstić information content (AvgIpc) is 2.19. The van der Waals surface area contributed by atoms with Crippen LogP contribution in [0, 0.1) is 0 Å². The van der Waals surface area contributed by atoms with Crippen LogP contribution in [0.5, 0.6) is 5.75 Å². The summed E-state index contributed by atoms with van der Waals surface area (Å²) in [4.78, 5) is 0. The molecule has 16 heavy (non-hydrogen) atoms. The molecule has 0 aromatic heterocycles. The van der Waals surface area contributed by atoms with Gasteiger partial charge in [0.25, 0.3) is 0 Å². The molecule has 0 aliphatic heterocycles. The first-order valence-corrected chi connectivity index (χ1v) is 6.84. The Morgan fingerprint density at radius 2 is 2.12 bits per heavy atom. The highest BCUT2D eigenvalue weighted by molar-refractivity contribution is 7.90. The van der Waals surface area contributed by atoms with Crippen molar-refractivity contribution in [3.63, 3.8) is 0 Å². The summed E-state index contributed by atoms with van der Waals surface area (Å²) in [5.74, 6) is 0.647. The van der Waals surface area contributed by atoms with Crippen molar-refractivity contribution >= 4 is 21.2 Å². The van der Waals surface area contributed by atoms with Gasteiger partial charge in [-0.25, -0.2) is 8.42 Å². The molecule has 5 nitrogen and oxygen atoms in total. The summed E-state index contributed by atoms with van der Waals surface area (Å²) >= 11 is 0. The SMILES string of the molecule is COc1cccc(NCCS(C)(=O)=O)c1N. The van der Waals surface area contributed by atoms with Gasteiger partial charge in [-0.3, -0.25) is 0 Å². The van der Waals surface area contributed by atoms with Crippen LogP contribution in [0.1, 0.15) is 0 Å². The van der Waals surface area contributed by atoms with Crippen LogP contribution in [0.2, 0.25) is 0 Å². The van der Waals surface area contributed by atoms with Gasteiger partial charge in [-0.05, 0) is 12.1 Å². The highest BCUT2D eigenvalue weighted by atomic mass is 32.2. The normalized spacial score (nSPS) is 11.1. The molecular weight excluding hydrogens is 228 g/mol. The predicted octanol–water partition coefficient (Wildman–Crippen LogP) is 0.734. The molecule has 90 valence electrons. The maximum absolute atomic E-state index is 10.9. The number of para-hydroxylation sites is 1. The number of nitrogen functional groups attached to an aromatic ring is 1. The molecule has 0 saturated heterocycles. The topological polar surface area (TPSA) is 81.4 Å². The van der Waals surface area contributed by atoms with E-state index >= 15 is 0 Å². The van der Waals surface area contributed by atoms with Crippen molar-refractivity contribution in [3.05, 3.63) is 18.2 Å². The minimum absolute atomic E-state index is 0.0731. The quantitative estimate of drug-likeness (QED) is 0.746. The maximum atomic E-state index is 10.9. The van der Waals surface area contributed by atoms with Gasteiger partial charge >= 0.3 is 0 Å². The molecule has 1 aromatic rings. The largest absolute Gasteiger partial charge is 0.495 e. The summed E-state index contributed by atoms with van der Waals surface area (Å²) < 4.78 is 26.9. The first kappa shape index (κ1) is 12.6. The molecule has 0 heterocycles. The Bertz CT molecular complexity index is 457. The van der Waals surface area contributed by atoms with E-state index in [-0.39, 0.29) is 5.75 Å². The van der Waals surface area contributed by atoms with Crippen LogP contribution >= 0.6 is 0 Å². The Labute approximate surface area is 95.5 Å². The zero-order chi connectivity index (χ0) is 12.2. The number of benzene rings is 1. The number of sulfone groups is 1. The van der Waals surface area contributed by atoms with Gasteiger partial charge < -0.3 is 15.8 Å². The Hall–Kier alpha value is -1.43. The van der Waals surface area contributed by atoms with E-state index in [0.717, 1.165) is 0 Å². The summed E-state index contributed by atoms with van der Waals surface area (Å²) in [6, 6.07) is 5.31. The zero-order valence-electron chi connectivity index (χ0n) is 9.36. The number of hydrogen-bond acceptors (Lipinski definition) is 5. The van der Waals surface area contributed by atoms with E-state index in [1.165, 1.54) is 13.4 Å². The lowest BCUT2D eigenvalue weighted by molar-refractivity contribution is 0.417. The Morgan fingerprint density at radius 3 is 2.69 bits per heavy atom. The molecule has 1 rings (SSSR count). The van der Waals surface area contributed by atoms with Gasteiger partial charge in [0.05, 0.1) is 24.2 Å². The molecular formula is C10H16N2O3S. The van der Waals surface area contributed by atoms with Crippen LogP contribution in [-0.4, -0.2) is 34.1 Å². The van der Waals surface area contributed by atoms with Crippen LogP contribution in [0.15, 0.2) is 18.2 Å². The molecule has 1 aromatic carbocycles. The molecule has 0 aliphatic rings. The second-order valence-electron chi connectivity index (χ2n) is 3.48. The van der Waals surface area contributed by atoms with Crippen LogP contribution < -0.4 is 15.8 Å². The fourth-order valence-corrected chi connectivity index (χ4v) is 1.72. The Kier molecular flexibility index (Phi) is 4.00. The number of rotatable bonds is 5. The maximum Gasteiger partial charge on any atom is 0.149 e. The van der Waals surface area contributed by atoms with Gasteiger partial charge in [0.15, 0.2) is 0 Å². The summed E-state index contributed by atoms with van der Waals surface area (Å²) in [5, 5.41) is 2.96. The minimum Gasteiger partial charge on any atom is -0.495 e. The molecule has 0 fully saturated rings. The standard InChI is InChI=1S/C10H16N2O3S/c1-15-9-5-3-4-8(10(9)11)12-6-7-16(2,13)14/h3-5,12H,6-7,11H2,1-2H3. The van der Waals surface area contributed by atoms with Crippen molar-refractivity contribution < 1.29 is 13.2 Å². The average molecular weight is 244 g/mol. The van der Waals surface area contributed by atoms with Crippen molar-refractivity contribution in [1.29, 1.82) is 0 Å². The lowest BCUT2D eigenvalue weighted by Gasteiger charge is -2.11. The number of anilines is 2. The van der Waals surface area contributed by atoms with Crippen molar-refractivity contribution in [1.82, 2.24) is 0 Å². The number of nitrogens with two attached hydrogens (primary N) is 1. The molecule has 0 radical (unpaired) electrons. The molecule has 0 aliphatic carbocycles. The van der Waals surface area contributed by atoms with Gasteiger partial charge in [-0.15, -0.1) is 0 Å². The third-order valence-corrected chi connectivity index (χ3v) is 3.02. The molecule has 0 unspecified atom stereocenters. The van der Waals surface area contributed by atoms with E-state index in [0.29, 0.717) is 23.7 Å². The Balaban J connectivity index is 2.68. The van der Waals surface area contributed by atoms with E-state index in [9.17, 15) is 8.42 Å². The molecule has 6 heteroatoms. The third kappa shape index (κ3) is 3.62. The molecule has 3 N–H and O–H groups in total. The third-order valence-electron chi connectivity index (χ3n) is 2.07. The summed E-state index contributed by atoms with van der Waals surface area (Å²) in [7, 11) is -1.42. The van der Waals surface area contributed by atoms with E-state index in [2.05, 4.69) is 5.32 Å². The zero-order valence-corrected chi connectivity index (χ0v) is 10.2. The summed E-state index contributed by atoms with van der Waals surface area (Å²) in [6.07, 6.45) is 1.20. The highest BCUT2D eigenvalue weighted by Gasteiger charge is 2.06. The minimum atomic E-state index is -2.96. The molecule has 0 bridgehead atoms. The monoisotopic (exact) mass is 244 g/mol. The Morgan fingerprint density at radius 1 is 1.44 bits per heavy atom. The number of ether oxygens (including phenoxy) is 1. The van der Waals surface area contributed by atoms with Crippen LogP contribution in [0.4, 0.5) is 11.4 Å². The van der Waals surface area contributed by atoms with Crippen molar-refractivity contribution in [2.24, 2.45) is 0 Å². The molecule has 0 atom stereocenters. The van der Waals surface area contributed by atoms with Gasteiger partial charge in [0.2, 0.25) is 0 Å². The second-order valence-corrected chi connectivity index (χ2v) is 5.74. The predicted molar refractivity (Wildman–Crippen MR) is 65.6 cm³/mol. The second kappa shape index (κ2) is 5.07. The van der Waals surface area contributed by atoms with Crippen molar-refractivity contribution in [3.8, 4) is 5.75 Å². The first-order valence-electron chi connectivity index (χ1n) is 4.78. The van der Waals surface area contributed by atoms with Crippen molar-refractivity contribution in [2.45, 2.75) is 0 Å².